The third-order valence-electron chi connectivity index (χ3n) is 6.00. The second-order valence-electron chi connectivity index (χ2n) is 8.84. The van der Waals surface area contributed by atoms with Crippen molar-refractivity contribution in [1.29, 1.82) is 5.26 Å². The molecule has 4 aromatic rings. The number of amides is 1. The average molecular weight is 469 g/mol. The molecule has 0 aliphatic rings. The van der Waals surface area contributed by atoms with Crippen LogP contribution in [0.1, 0.15) is 65.3 Å². The van der Waals surface area contributed by atoms with E-state index in [2.05, 4.69) is 16.4 Å². The van der Waals surface area contributed by atoms with Crippen molar-refractivity contribution in [1.82, 2.24) is 14.9 Å². The zero-order chi connectivity index (χ0) is 25.1. The van der Waals surface area contributed by atoms with Gasteiger partial charge in [-0.2, -0.15) is 5.26 Å². The van der Waals surface area contributed by atoms with Crippen LogP contribution < -0.4 is 10.9 Å². The summed E-state index contributed by atoms with van der Waals surface area (Å²) in [5.41, 5.74) is 3.03. The lowest BCUT2D eigenvalue weighted by molar-refractivity contribution is 0.0938. The molecule has 6 nitrogen and oxygen atoms in total. The normalized spacial score (nSPS) is 11.9. The highest BCUT2D eigenvalue weighted by molar-refractivity contribution is 5.97. The lowest BCUT2D eigenvalue weighted by atomic mass is 10.0. The molecule has 1 amide bonds. The Bertz CT molecular complexity index is 1480. The molecule has 176 valence electrons. The van der Waals surface area contributed by atoms with Gasteiger partial charge in [0.1, 0.15) is 17.0 Å². The van der Waals surface area contributed by atoms with Gasteiger partial charge in [0.15, 0.2) is 0 Å². The molecule has 0 spiro atoms. The molecule has 1 unspecified atom stereocenters. The number of carbonyl (C=O) groups is 1. The molecule has 1 N–H and O–H groups in total. The topological polar surface area (TPSA) is 87.8 Å². The molecule has 0 radical (unpaired) electrons. The molecule has 4 rings (SSSR count). The number of rotatable bonds is 6. The van der Waals surface area contributed by atoms with Crippen LogP contribution in [0.4, 0.5) is 4.39 Å². The van der Waals surface area contributed by atoms with E-state index in [-0.39, 0.29) is 29.9 Å². The van der Waals surface area contributed by atoms with E-state index >= 15 is 0 Å². The number of halogens is 1. The number of hydrogen-bond acceptors (Lipinski definition) is 4. The van der Waals surface area contributed by atoms with Gasteiger partial charge in [0, 0.05) is 11.6 Å². The summed E-state index contributed by atoms with van der Waals surface area (Å²) >= 11 is 0. The number of fused-ring (bicyclic) bond motifs is 1. The summed E-state index contributed by atoms with van der Waals surface area (Å²) in [7, 11) is 0. The fourth-order valence-electron chi connectivity index (χ4n) is 3.88. The van der Waals surface area contributed by atoms with Gasteiger partial charge in [-0.25, -0.2) is 9.37 Å². The van der Waals surface area contributed by atoms with Crippen LogP contribution in [0.15, 0.2) is 71.7 Å². The Balaban J connectivity index is 1.76. The summed E-state index contributed by atoms with van der Waals surface area (Å²) in [4.78, 5) is 31.2. The molecule has 2 aromatic carbocycles. The van der Waals surface area contributed by atoms with Crippen molar-refractivity contribution in [3.63, 3.8) is 0 Å². The summed E-state index contributed by atoms with van der Waals surface area (Å²) in [5.74, 6) is -0.648. The zero-order valence-electron chi connectivity index (χ0n) is 19.7. The molecule has 0 bridgehead atoms. The lowest BCUT2D eigenvalue weighted by Crippen LogP contribution is -2.35. The smallest absolute Gasteiger partial charge is 0.265 e. The fraction of sp³-hybridized carbons (Fsp3) is 0.214. The van der Waals surface area contributed by atoms with E-state index in [1.165, 1.54) is 16.7 Å². The molecule has 0 aliphatic heterocycles. The third-order valence-corrected chi connectivity index (χ3v) is 6.00. The predicted molar refractivity (Wildman–Crippen MR) is 133 cm³/mol. The largest absolute Gasteiger partial charge is 0.345 e. The van der Waals surface area contributed by atoms with Gasteiger partial charge in [0.25, 0.3) is 11.5 Å². The van der Waals surface area contributed by atoms with Crippen LogP contribution in [-0.4, -0.2) is 15.5 Å². The number of nitrogens with zero attached hydrogens (tertiary/aromatic N) is 3. The summed E-state index contributed by atoms with van der Waals surface area (Å²) in [6.45, 7) is 6.06. The van der Waals surface area contributed by atoms with Gasteiger partial charge in [0.05, 0.1) is 24.2 Å². The van der Waals surface area contributed by atoms with Crippen molar-refractivity contribution in [3.05, 3.63) is 111 Å². The van der Waals surface area contributed by atoms with E-state index in [1.807, 2.05) is 26.8 Å². The van der Waals surface area contributed by atoms with Gasteiger partial charge in [-0.15, -0.1) is 0 Å². The van der Waals surface area contributed by atoms with Crippen LogP contribution in [0.5, 0.6) is 0 Å². The number of benzene rings is 2. The van der Waals surface area contributed by atoms with Gasteiger partial charge in [-0.1, -0.05) is 38.1 Å². The molecular weight excluding hydrogens is 443 g/mol. The van der Waals surface area contributed by atoms with Gasteiger partial charge in [0.2, 0.25) is 0 Å². The number of hydrogen-bond donors (Lipinski definition) is 1. The zero-order valence-corrected chi connectivity index (χ0v) is 19.7. The van der Waals surface area contributed by atoms with Crippen LogP contribution in [0.3, 0.4) is 0 Å². The van der Waals surface area contributed by atoms with E-state index in [9.17, 15) is 14.0 Å². The molecule has 0 aliphatic carbocycles. The van der Waals surface area contributed by atoms with E-state index in [1.54, 1.807) is 48.7 Å². The van der Waals surface area contributed by atoms with Gasteiger partial charge in [-0.3, -0.25) is 14.2 Å². The fourth-order valence-corrected chi connectivity index (χ4v) is 3.88. The summed E-state index contributed by atoms with van der Waals surface area (Å²) in [6.07, 6.45) is 1.74. The number of nitrogens with one attached hydrogen (secondary N) is 1. The Kier molecular flexibility index (Phi) is 6.74. The maximum atomic E-state index is 13.5. The molecule has 0 saturated carbocycles. The molecule has 7 heteroatoms. The molecule has 35 heavy (non-hydrogen) atoms. The number of aromatic nitrogens is 2. The highest BCUT2D eigenvalue weighted by atomic mass is 19.1. The van der Waals surface area contributed by atoms with Crippen molar-refractivity contribution in [2.24, 2.45) is 0 Å². The standard InChI is InChI=1S/C28H25FN4O2/c1-17(2)23-12-22-13-25(27(34)32-18(3)21-8-4-19(14-30)5-9-21)28(35)33(26(22)31-15-23)16-20-6-10-24(29)11-7-20/h4-13,15,17-18H,16H2,1-3H3,(H,32,34). The molecule has 2 aromatic heterocycles. The Morgan fingerprint density at radius 1 is 1.06 bits per heavy atom. The molecular formula is C28H25FN4O2. The lowest BCUT2D eigenvalue weighted by Gasteiger charge is -2.17. The van der Waals surface area contributed by atoms with Crippen LogP contribution in [0.25, 0.3) is 11.0 Å². The van der Waals surface area contributed by atoms with Crippen LogP contribution in [-0.2, 0) is 6.54 Å². The van der Waals surface area contributed by atoms with Gasteiger partial charge >= 0.3 is 0 Å². The first kappa shape index (κ1) is 23.8. The van der Waals surface area contributed by atoms with E-state index < -0.39 is 11.5 Å². The van der Waals surface area contributed by atoms with Crippen molar-refractivity contribution in [2.45, 2.75) is 39.3 Å². The SMILES string of the molecule is CC(C)c1cnc2c(c1)cc(C(=O)NC(C)c1ccc(C#N)cc1)c(=O)n2Cc1ccc(F)cc1. The minimum Gasteiger partial charge on any atom is -0.345 e. The molecule has 0 saturated heterocycles. The van der Waals surface area contributed by atoms with Crippen molar-refractivity contribution in [2.75, 3.05) is 0 Å². The maximum absolute atomic E-state index is 13.5. The summed E-state index contributed by atoms with van der Waals surface area (Å²) < 4.78 is 14.9. The minimum atomic E-state index is -0.503. The Labute approximate surface area is 202 Å². The van der Waals surface area contributed by atoms with Crippen molar-refractivity contribution in [3.8, 4) is 6.07 Å². The highest BCUT2D eigenvalue weighted by Gasteiger charge is 2.19. The van der Waals surface area contributed by atoms with Crippen molar-refractivity contribution >= 4 is 16.9 Å². The minimum absolute atomic E-state index is 0.00260. The number of nitriles is 1. The van der Waals surface area contributed by atoms with E-state index in [4.69, 9.17) is 5.26 Å². The first-order valence-electron chi connectivity index (χ1n) is 11.4. The summed E-state index contributed by atoms with van der Waals surface area (Å²) in [6, 6.07) is 18.0. The van der Waals surface area contributed by atoms with E-state index in [0.717, 1.165) is 11.1 Å². The quantitative estimate of drug-likeness (QED) is 0.428. The third kappa shape index (κ3) is 5.12. The second-order valence-corrected chi connectivity index (χ2v) is 8.84. The van der Waals surface area contributed by atoms with E-state index in [0.29, 0.717) is 22.2 Å². The Hall–Kier alpha value is -4.31. The highest BCUT2D eigenvalue weighted by Crippen LogP contribution is 2.21. The van der Waals surface area contributed by atoms with Crippen LogP contribution in [0.2, 0.25) is 0 Å². The number of carbonyl (C=O) groups excluding carboxylic acids is 1. The van der Waals surface area contributed by atoms with Crippen molar-refractivity contribution < 1.29 is 9.18 Å². The first-order valence-corrected chi connectivity index (χ1v) is 11.4. The average Bonchev–Trinajstić information content (AvgIpc) is 2.86. The first-order chi connectivity index (χ1) is 16.8. The van der Waals surface area contributed by atoms with Crippen LogP contribution >= 0.6 is 0 Å². The molecule has 1 atom stereocenters. The Morgan fingerprint density at radius 2 is 1.74 bits per heavy atom. The second kappa shape index (κ2) is 9.90. The van der Waals surface area contributed by atoms with Gasteiger partial charge < -0.3 is 5.32 Å². The monoisotopic (exact) mass is 468 g/mol. The number of pyridine rings is 2. The molecule has 0 fully saturated rings. The maximum Gasteiger partial charge on any atom is 0.265 e. The van der Waals surface area contributed by atoms with Gasteiger partial charge in [-0.05, 0) is 65.9 Å². The van der Waals surface area contributed by atoms with Crippen LogP contribution in [0, 0.1) is 17.1 Å². The Morgan fingerprint density at radius 3 is 2.37 bits per heavy atom. The molecule has 2 heterocycles. The summed E-state index contributed by atoms with van der Waals surface area (Å²) in [5, 5.41) is 12.6. The predicted octanol–water partition coefficient (Wildman–Crippen LogP) is 5.07.